The minimum atomic E-state index is -0.326. The number of oxazole rings is 1. The molecule has 0 spiro atoms. The first-order valence-electron chi connectivity index (χ1n) is 8.49. The van der Waals surface area contributed by atoms with Crippen molar-refractivity contribution >= 4 is 29.4 Å². The molecule has 138 valence electrons. The van der Waals surface area contributed by atoms with Crippen molar-refractivity contribution in [3.8, 4) is 0 Å². The number of para-hydroxylation sites is 1. The van der Waals surface area contributed by atoms with Crippen LogP contribution in [0.3, 0.4) is 0 Å². The molecule has 1 amide bonds. The van der Waals surface area contributed by atoms with E-state index in [0.717, 1.165) is 22.2 Å². The summed E-state index contributed by atoms with van der Waals surface area (Å²) in [5, 5.41) is 2.92. The highest BCUT2D eigenvalue weighted by molar-refractivity contribution is 5.85. The molecule has 6 heteroatoms. The summed E-state index contributed by atoms with van der Waals surface area (Å²) in [6.45, 7) is 4.31. The molecule has 26 heavy (non-hydrogen) atoms. The average molecular weight is 374 g/mol. The Labute approximate surface area is 159 Å². The number of hydrogen-bond donors (Lipinski definition) is 2. The van der Waals surface area contributed by atoms with Crippen LogP contribution in [0.1, 0.15) is 30.0 Å². The normalized spacial score (nSPS) is 13.0. The van der Waals surface area contributed by atoms with Gasteiger partial charge in [-0.1, -0.05) is 49.4 Å². The number of benzene rings is 2. The number of aromatic nitrogens is 1. The molecule has 3 rings (SSSR count). The second-order valence-corrected chi connectivity index (χ2v) is 6.30. The molecule has 2 atom stereocenters. The van der Waals surface area contributed by atoms with Crippen molar-refractivity contribution in [2.45, 2.75) is 26.3 Å². The van der Waals surface area contributed by atoms with Gasteiger partial charge in [0.05, 0.1) is 5.92 Å². The zero-order chi connectivity index (χ0) is 17.8. The maximum absolute atomic E-state index is 12.3. The lowest BCUT2D eigenvalue weighted by Crippen LogP contribution is -2.36. The summed E-state index contributed by atoms with van der Waals surface area (Å²) in [5.41, 5.74) is 9.90. The molecule has 0 saturated heterocycles. The van der Waals surface area contributed by atoms with Gasteiger partial charge in [-0.2, -0.15) is 0 Å². The molecular weight excluding hydrogens is 350 g/mol. The van der Waals surface area contributed by atoms with E-state index in [4.69, 9.17) is 10.2 Å². The molecule has 0 aliphatic heterocycles. The van der Waals surface area contributed by atoms with Gasteiger partial charge in [0.25, 0.3) is 0 Å². The maximum Gasteiger partial charge on any atom is 0.224 e. The Kier molecular flexibility index (Phi) is 6.77. The van der Waals surface area contributed by atoms with Gasteiger partial charge in [-0.3, -0.25) is 4.79 Å². The molecule has 0 aliphatic rings. The fraction of sp³-hybridized carbons (Fsp3) is 0.300. The van der Waals surface area contributed by atoms with Gasteiger partial charge in [-0.05, 0) is 24.1 Å². The third-order valence-electron chi connectivity index (χ3n) is 4.44. The van der Waals surface area contributed by atoms with Crippen LogP contribution in [0.4, 0.5) is 0 Å². The summed E-state index contributed by atoms with van der Waals surface area (Å²) in [4.78, 5) is 16.8. The second-order valence-electron chi connectivity index (χ2n) is 6.30. The maximum atomic E-state index is 12.3. The minimum Gasteiger partial charge on any atom is -0.441 e. The Morgan fingerprint density at radius 3 is 2.62 bits per heavy atom. The second kappa shape index (κ2) is 8.83. The topological polar surface area (TPSA) is 81.2 Å². The van der Waals surface area contributed by atoms with Gasteiger partial charge in [0.1, 0.15) is 5.52 Å². The number of hydrogen-bond acceptors (Lipinski definition) is 4. The van der Waals surface area contributed by atoms with Gasteiger partial charge in [0.2, 0.25) is 5.91 Å². The molecule has 1 aromatic heterocycles. The monoisotopic (exact) mass is 373 g/mol. The van der Waals surface area contributed by atoms with E-state index in [0.29, 0.717) is 18.9 Å². The van der Waals surface area contributed by atoms with Crippen LogP contribution in [0.25, 0.3) is 11.1 Å². The van der Waals surface area contributed by atoms with Gasteiger partial charge < -0.3 is 15.5 Å². The summed E-state index contributed by atoms with van der Waals surface area (Å²) in [6, 6.07) is 15.2. The van der Waals surface area contributed by atoms with Gasteiger partial charge in [-0.15, -0.1) is 12.4 Å². The number of aryl methyl sites for hydroxylation is 1. The molecule has 0 saturated carbocycles. The number of nitrogens with one attached hydrogen (secondary N) is 1. The molecular formula is C20H24ClN3O2. The standard InChI is InChI=1S/C20H23N3O2.ClH/c1-13-7-6-10-16-19(13)23-17(25-16)11-12-22-20(24)14(2)18(21)15-8-4-3-5-9-15;/h3-10,14,18H,11-12,21H2,1-2H3,(H,22,24);1H. The fourth-order valence-electron chi connectivity index (χ4n) is 2.82. The van der Waals surface area contributed by atoms with Crippen LogP contribution in [0.15, 0.2) is 52.9 Å². The summed E-state index contributed by atoms with van der Waals surface area (Å²) >= 11 is 0. The SMILES string of the molecule is Cc1cccc2oc(CCNC(=O)C(C)C(N)c3ccccc3)nc12.Cl. The van der Waals surface area contributed by atoms with E-state index < -0.39 is 0 Å². The van der Waals surface area contributed by atoms with Crippen molar-refractivity contribution in [1.29, 1.82) is 0 Å². The van der Waals surface area contributed by atoms with E-state index in [2.05, 4.69) is 10.3 Å². The van der Waals surface area contributed by atoms with Crippen molar-refractivity contribution in [1.82, 2.24) is 10.3 Å². The summed E-state index contributed by atoms with van der Waals surface area (Å²) < 4.78 is 5.72. The number of carbonyl (C=O) groups is 1. The molecule has 2 unspecified atom stereocenters. The number of fused-ring (bicyclic) bond motifs is 1. The van der Waals surface area contributed by atoms with E-state index >= 15 is 0 Å². The molecule has 0 bridgehead atoms. The predicted octanol–water partition coefficient (Wildman–Crippen LogP) is 3.55. The Morgan fingerprint density at radius 2 is 1.92 bits per heavy atom. The van der Waals surface area contributed by atoms with E-state index in [1.165, 1.54) is 0 Å². The lowest BCUT2D eigenvalue weighted by Gasteiger charge is -2.19. The lowest BCUT2D eigenvalue weighted by atomic mass is 9.95. The zero-order valence-corrected chi connectivity index (χ0v) is 15.8. The Balaban J connectivity index is 0.00000243. The minimum absolute atomic E-state index is 0. The van der Waals surface area contributed by atoms with Crippen molar-refractivity contribution in [3.05, 3.63) is 65.5 Å². The third kappa shape index (κ3) is 4.42. The smallest absolute Gasteiger partial charge is 0.224 e. The molecule has 0 fully saturated rings. The largest absolute Gasteiger partial charge is 0.441 e. The first-order chi connectivity index (χ1) is 12.1. The molecule has 5 nitrogen and oxygen atoms in total. The van der Waals surface area contributed by atoms with Crippen LogP contribution in [0.2, 0.25) is 0 Å². The predicted molar refractivity (Wildman–Crippen MR) is 105 cm³/mol. The number of halogens is 1. The summed E-state index contributed by atoms with van der Waals surface area (Å²) in [5.74, 6) is 0.251. The molecule has 2 aromatic carbocycles. The van der Waals surface area contributed by atoms with Crippen molar-refractivity contribution in [2.24, 2.45) is 11.7 Å². The van der Waals surface area contributed by atoms with Crippen LogP contribution in [0.5, 0.6) is 0 Å². The molecule has 1 heterocycles. The van der Waals surface area contributed by atoms with E-state index in [1.54, 1.807) is 0 Å². The number of rotatable bonds is 6. The number of carbonyl (C=O) groups excluding carboxylic acids is 1. The zero-order valence-electron chi connectivity index (χ0n) is 14.9. The first kappa shape index (κ1) is 19.9. The molecule has 0 radical (unpaired) electrons. The highest BCUT2D eigenvalue weighted by atomic mass is 35.5. The number of amides is 1. The highest BCUT2D eigenvalue weighted by Gasteiger charge is 2.21. The quantitative estimate of drug-likeness (QED) is 0.692. The first-order valence-corrected chi connectivity index (χ1v) is 8.49. The summed E-state index contributed by atoms with van der Waals surface area (Å²) in [7, 11) is 0. The van der Waals surface area contributed by atoms with Crippen LogP contribution >= 0.6 is 12.4 Å². The number of nitrogens with two attached hydrogens (primary N) is 1. The molecule has 3 N–H and O–H groups in total. The fourth-order valence-corrected chi connectivity index (χ4v) is 2.82. The van der Waals surface area contributed by atoms with Gasteiger partial charge in [0.15, 0.2) is 11.5 Å². The van der Waals surface area contributed by atoms with Crippen LogP contribution in [0, 0.1) is 12.8 Å². The van der Waals surface area contributed by atoms with Gasteiger partial charge >= 0.3 is 0 Å². The Morgan fingerprint density at radius 1 is 1.19 bits per heavy atom. The van der Waals surface area contributed by atoms with Crippen LogP contribution in [-0.2, 0) is 11.2 Å². The lowest BCUT2D eigenvalue weighted by molar-refractivity contribution is -0.125. The van der Waals surface area contributed by atoms with Crippen molar-refractivity contribution in [3.63, 3.8) is 0 Å². The Hall–Kier alpha value is -2.37. The van der Waals surface area contributed by atoms with Gasteiger partial charge in [-0.25, -0.2) is 4.98 Å². The third-order valence-corrected chi connectivity index (χ3v) is 4.44. The van der Waals surface area contributed by atoms with Crippen LogP contribution in [-0.4, -0.2) is 17.4 Å². The average Bonchev–Trinajstić information content (AvgIpc) is 3.05. The molecule has 0 aliphatic carbocycles. The van der Waals surface area contributed by atoms with Crippen molar-refractivity contribution < 1.29 is 9.21 Å². The van der Waals surface area contributed by atoms with E-state index in [9.17, 15) is 4.79 Å². The van der Waals surface area contributed by atoms with Gasteiger partial charge in [0, 0.05) is 19.0 Å². The molecule has 3 aromatic rings. The van der Waals surface area contributed by atoms with E-state index in [1.807, 2.05) is 62.4 Å². The van der Waals surface area contributed by atoms with Crippen molar-refractivity contribution in [2.75, 3.05) is 6.54 Å². The Bertz CT molecular complexity index is 864. The van der Waals surface area contributed by atoms with Crippen LogP contribution < -0.4 is 11.1 Å². The summed E-state index contributed by atoms with van der Waals surface area (Å²) in [6.07, 6.45) is 0.549. The highest BCUT2D eigenvalue weighted by Crippen LogP contribution is 2.20. The van der Waals surface area contributed by atoms with E-state index in [-0.39, 0.29) is 30.3 Å². The number of nitrogens with zero attached hydrogens (tertiary/aromatic N) is 1.